The van der Waals surface area contributed by atoms with Crippen molar-refractivity contribution in [2.45, 2.75) is 112 Å². The maximum atomic E-state index is 14.6. The average Bonchev–Trinajstić information content (AvgIpc) is 2.92. The van der Waals surface area contributed by atoms with Crippen molar-refractivity contribution in [3.8, 4) is 0 Å². The summed E-state index contributed by atoms with van der Waals surface area (Å²) in [5.41, 5.74) is -1.90. The predicted molar refractivity (Wildman–Crippen MR) is 122 cm³/mol. The van der Waals surface area contributed by atoms with Crippen molar-refractivity contribution in [2.75, 3.05) is 0 Å². The predicted octanol–water partition coefficient (Wildman–Crippen LogP) is 11.3. The van der Waals surface area contributed by atoms with Crippen LogP contribution in [-0.2, 0) is 5.92 Å². The van der Waals surface area contributed by atoms with Crippen LogP contribution in [0.4, 0.5) is 74.6 Å². The Labute approximate surface area is 240 Å². The molecule has 1 aromatic rings. The number of halogens is 17. The molecule has 0 spiro atoms. The summed E-state index contributed by atoms with van der Waals surface area (Å²) in [6.45, 7) is 2.15. The van der Waals surface area contributed by atoms with E-state index in [1.807, 2.05) is 0 Å². The van der Waals surface area contributed by atoms with E-state index in [4.69, 9.17) is 0 Å². The minimum Gasteiger partial charge on any atom is -0.194 e. The van der Waals surface area contributed by atoms with Gasteiger partial charge in [-0.1, -0.05) is 44.0 Å². The molecule has 254 valence electrons. The van der Waals surface area contributed by atoms with Crippen LogP contribution in [0.1, 0.15) is 75.3 Å². The largest absolute Gasteiger partial charge is 0.460 e. The third-order valence-electron chi connectivity index (χ3n) is 8.97. The van der Waals surface area contributed by atoms with Gasteiger partial charge >= 0.3 is 47.6 Å². The van der Waals surface area contributed by atoms with E-state index in [0.29, 0.717) is 30.6 Å². The topological polar surface area (TPSA) is 0 Å². The fourth-order valence-corrected chi connectivity index (χ4v) is 5.99. The Balaban J connectivity index is 1.84. The molecule has 0 amide bonds. The lowest BCUT2D eigenvalue weighted by Crippen LogP contribution is -2.74. The molecule has 0 N–H and O–H groups in total. The second-order valence-corrected chi connectivity index (χ2v) is 11.8. The SMILES string of the molecule is CC1CCC(C2CCC(c3ccc(C(F)(F)C(F)(F)C(F)(F)C(F)(F)C(F)(F)C(F)(F)C(F)(F)C(F)(F)F)cc3)CC2)CC1. The number of hydrogen-bond donors (Lipinski definition) is 0. The first-order valence-electron chi connectivity index (χ1n) is 13.5. The molecule has 0 nitrogen and oxygen atoms in total. The fraction of sp³-hybridized carbons (Fsp3) is 0.778. The molecule has 2 aliphatic rings. The second kappa shape index (κ2) is 11.4. The summed E-state index contributed by atoms with van der Waals surface area (Å²) in [7, 11) is 0. The summed E-state index contributed by atoms with van der Waals surface area (Å²) in [6.07, 6.45) is -0.948. The number of rotatable bonds is 9. The van der Waals surface area contributed by atoms with E-state index >= 15 is 0 Å². The zero-order valence-electron chi connectivity index (χ0n) is 22.7. The second-order valence-electron chi connectivity index (χ2n) is 11.8. The van der Waals surface area contributed by atoms with Crippen LogP contribution >= 0.6 is 0 Å². The van der Waals surface area contributed by atoms with Crippen molar-refractivity contribution in [3.05, 3.63) is 35.4 Å². The molecule has 1 aromatic carbocycles. The molecule has 44 heavy (non-hydrogen) atoms. The van der Waals surface area contributed by atoms with Crippen molar-refractivity contribution in [1.82, 2.24) is 0 Å². The molecule has 0 saturated heterocycles. The van der Waals surface area contributed by atoms with Gasteiger partial charge in [0, 0.05) is 5.56 Å². The molecule has 0 atom stereocenters. The number of benzene rings is 1. The van der Waals surface area contributed by atoms with Crippen LogP contribution in [0, 0.1) is 17.8 Å². The highest BCUT2D eigenvalue weighted by molar-refractivity contribution is 5.31. The Kier molecular flexibility index (Phi) is 9.43. The highest BCUT2D eigenvalue weighted by Crippen LogP contribution is 2.65. The quantitative estimate of drug-likeness (QED) is 0.229. The lowest BCUT2D eigenvalue weighted by Gasteiger charge is -2.42. The van der Waals surface area contributed by atoms with Crippen molar-refractivity contribution in [1.29, 1.82) is 0 Å². The molecule has 17 heteroatoms. The van der Waals surface area contributed by atoms with Gasteiger partial charge in [-0.25, -0.2) is 0 Å². The van der Waals surface area contributed by atoms with Crippen LogP contribution < -0.4 is 0 Å². The third kappa shape index (κ3) is 5.53. The fourth-order valence-electron chi connectivity index (χ4n) is 5.99. The van der Waals surface area contributed by atoms with Gasteiger partial charge in [0.05, 0.1) is 0 Å². The molecule has 2 aliphatic carbocycles. The first-order valence-corrected chi connectivity index (χ1v) is 13.5. The highest BCUT2D eigenvalue weighted by atomic mass is 19.4. The summed E-state index contributed by atoms with van der Waals surface area (Å²) in [5.74, 6) is -55.2. The first kappa shape index (κ1) is 36.5. The maximum absolute atomic E-state index is 14.6. The Hall–Kier alpha value is -1.97. The summed E-state index contributed by atoms with van der Waals surface area (Å²) in [5, 5.41) is 0. The standard InChI is InChI=1S/C27H27F17/c1-14-2-4-15(5-3-14)16-6-8-17(9-7-16)18-10-12-19(13-11-18)20(28,29)21(30,31)22(32,33)23(34,35)24(36,37)25(38,39)26(40,41)27(42,43)44/h10-17H,2-9H2,1H3. The molecule has 0 aliphatic heterocycles. The van der Waals surface area contributed by atoms with Crippen LogP contribution in [-0.4, -0.2) is 41.7 Å². The van der Waals surface area contributed by atoms with Crippen LogP contribution in [0.15, 0.2) is 24.3 Å². The Morgan fingerprint density at radius 3 is 1.16 bits per heavy atom. The highest BCUT2D eigenvalue weighted by Gasteiger charge is 2.95. The molecule has 0 unspecified atom stereocenters. The molecule has 0 aromatic heterocycles. The smallest absolute Gasteiger partial charge is 0.194 e. The molecule has 0 radical (unpaired) electrons. The van der Waals surface area contributed by atoms with Gasteiger partial charge in [-0.05, 0) is 67.8 Å². The summed E-state index contributed by atoms with van der Waals surface area (Å²) >= 11 is 0. The maximum Gasteiger partial charge on any atom is 0.460 e. The van der Waals surface area contributed by atoms with Gasteiger partial charge in [-0.2, -0.15) is 74.6 Å². The van der Waals surface area contributed by atoms with E-state index in [1.165, 1.54) is 0 Å². The molecular formula is C27H27F17. The molecule has 2 fully saturated rings. The van der Waals surface area contributed by atoms with Crippen molar-refractivity contribution in [3.63, 3.8) is 0 Å². The Morgan fingerprint density at radius 2 is 0.773 bits per heavy atom. The Morgan fingerprint density at radius 1 is 0.432 bits per heavy atom. The van der Waals surface area contributed by atoms with Gasteiger partial charge < -0.3 is 0 Å². The summed E-state index contributed by atoms with van der Waals surface area (Å²) < 4.78 is 231. The van der Waals surface area contributed by atoms with E-state index in [1.54, 1.807) is 0 Å². The van der Waals surface area contributed by atoms with E-state index < -0.39 is 53.2 Å². The van der Waals surface area contributed by atoms with Gasteiger partial charge in [-0.3, -0.25) is 0 Å². The van der Waals surface area contributed by atoms with Gasteiger partial charge in [0.25, 0.3) is 0 Å². The molecule has 0 bridgehead atoms. The van der Waals surface area contributed by atoms with Gasteiger partial charge in [0.1, 0.15) is 0 Å². The van der Waals surface area contributed by atoms with E-state index in [-0.39, 0.29) is 23.6 Å². The molecule has 3 rings (SSSR count). The van der Waals surface area contributed by atoms with E-state index in [9.17, 15) is 74.6 Å². The number of alkyl halides is 17. The normalized spacial score (nSPS) is 25.7. The summed E-state index contributed by atoms with van der Waals surface area (Å²) in [6, 6.07) is 1.73. The van der Waals surface area contributed by atoms with Crippen molar-refractivity contribution in [2.24, 2.45) is 17.8 Å². The zero-order valence-corrected chi connectivity index (χ0v) is 22.7. The lowest BCUT2D eigenvalue weighted by molar-refractivity contribution is -0.462. The lowest BCUT2D eigenvalue weighted by atomic mass is 9.68. The van der Waals surface area contributed by atoms with Crippen LogP contribution in [0.25, 0.3) is 0 Å². The van der Waals surface area contributed by atoms with Crippen LogP contribution in [0.2, 0.25) is 0 Å². The Bertz CT molecular complexity index is 1120. The molecule has 0 heterocycles. The minimum atomic E-state index is -8.62. The third-order valence-corrected chi connectivity index (χ3v) is 8.97. The average molecular weight is 674 g/mol. The van der Waals surface area contributed by atoms with E-state index in [0.717, 1.165) is 50.7 Å². The first-order chi connectivity index (χ1) is 19.7. The van der Waals surface area contributed by atoms with Crippen molar-refractivity contribution < 1.29 is 74.6 Å². The minimum absolute atomic E-state index is 0.0939. The summed E-state index contributed by atoms with van der Waals surface area (Å²) in [4.78, 5) is 0. The molecule has 2 saturated carbocycles. The van der Waals surface area contributed by atoms with Gasteiger partial charge in [0.15, 0.2) is 0 Å². The van der Waals surface area contributed by atoms with Gasteiger partial charge in [-0.15, -0.1) is 0 Å². The van der Waals surface area contributed by atoms with E-state index in [2.05, 4.69) is 6.92 Å². The molecular weight excluding hydrogens is 647 g/mol. The zero-order chi connectivity index (χ0) is 33.9. The van der Waals surface area contributed by atoms with Crippen LogP contribution in [0.5, 0.6) is 0 Å². The van der Waals surface area contributed by atoms with Crippen molar-refractivity contribution >= 4 is 0 Å². The van der Waals surface area contributed by atoms with Gasteiger partial charge in [0.2, 0.25) is 0 Å². The monoisotopic (exact) mass is 674 g/mol. The number of hydrogen-bond acceptors (Lipinski definition) is 0. The van der Waals surface area contributed by atoms with Crippen LogP contribution in [0.3, 0.4) is 0 Å².